The van der Waals surface area contributed by atoms with Gasteiger partial charge in [0.1, 0.15) is 0 Å². The molecule has 2 aromatic rings. The molecule has 0 N–H and O–H groups in total. The molecule has 0 aliphatic heterocycles. The molecule has 0 saturated heterocycles. The maximum absolute atomic E-state index is 2.31. The zero-order chi connectivity index (χ0) is 18.5. The van der Waals surface area contributed by atoms with Crippen molar-refractivity contribution in [1.29, 1.82) is 0 Å². The molecule has 0 saturated carbocycles. The lowest BCUT2D eigenvalue weighted by Gasteiger charge is -2.04. The third-order valence-electron chi connectivity index (χ3n) is 4.95. The second kappa shape index (κ2) is 13.8. The highest BCUT2D eigenvalue weighted by atomic mass is 32.2. The third kappa shape index (κ3) is 8.19. The van der Waals surface area contributed by atoms with E-state index in [1.165, 1.54) is 103 Å². The van der Waals surface area contributed by atoms with Gasteiger partial charge < -0.3 is 0 Å². The van der Waals surface area contributed by atoms with E-state index >= 15 is 0 Å². The Labute approximate surface area is 173 Å². The van der Waals surface area contributed by atoms with Crippen molar-refractivity contribution in [3.05, 3.63) is 28.5 Å². The minimum atomic E-state index is 1.27. The van der Waals surface area contributed by atoms with Gasteiger partial charge in [0.25, 0.3) is 0 Å². The van der Waals surface area contributed by atoms with Gasteiger partial charge in [-0.2, -0.15) is 0 Å². The molecule has 26 heavy (non-hydrogen) atoms. The average molecular weight is 409 g/mol. The first-order valence-electron chi connectivity index (χ1n) is 10.6. The summed E-state index contributed by atoms with van der Waals surface area (Å²) in [5, 5.41) is 4.46. The third-order valence-corrected chi connectivity index (χ3v) is 8.32. The molecule has 0 radical (unpaired) electrons. The van der Waals surface area contributed by atoms with E-state index in [2.05, 4.69) is 48.5 Å². The van der Waals surface area contributed by atoms with Crippen molar-refractivity contribution in [3.63, 3.8) is 0 Å². The monoisotopic (exact) mass is 408 g/mol. The Morgan fingerprint density at radius 1 is 0.692 bits per heavy atom. The molecule has 3 heteroatoms. The van der Waals surface area contributed by atoms with Crippen LogP contribution in [-0.4, -0.2) is 5.75 Å². The van der Waals surface area contributed by atoms with Gasteiger partial charge in [0.2, 0.25) is 0 Å². The van der Waals surface area contributed by atoms with E-state index in [0.29, 0.717) is 0 Å². The summed E-state index contributed by atoms with van der Waals surface area (Å²) in [7, 11) is 0. The molecule has 0 aromatic carbocycles. The highest BCUT2D eigenvalue weighted by molar-refractivity contribution is 7.99. The summed E-state index contributed by atoms with van der Waals surface area (Å²) in [5.74, 6) is 1.27. The van der Waals surface area contributed by atoms with Crippen molar-refractivity contribution in [1.82, 2.24) is 0 Å². The van der Waals surface area contributed by atoms with Crippen LogP contribution in [0.1, 0.15) is 89.5 Å². The van der Waals surface area contributed by atoms with Crippen molar-refractivity contribution >= 4 is 34.4 Å². The summed E-state index contributed by atoms with van der Waals surface area (Å²) in [6, 6.07) is 4.55. The SMILES string of the molecule is CCCCCCCCCCCCCCSc1ccsc1-c1sccc1C. The van der Waals surface area contributed by atoms with Crippen molar-refractivity contribution in [2.45, 2.75) is 95.8 Å². The molecular weight excluding hydrogens is 372 g/mol. The molecule has 0 unspecified atom stereocenters. The number of thiophene rings is 2. The molecule has 2 rings (SSSR count). The molecule has 0 fully saturated rings. The standard InChI is InChI=1S/C23H36S3/c1-3-4-5-6-7-8-9-10-11-12-13-14-17-24-21-16-19-26-23(21)22-20(2)15-18-25-22/h15-16,18-19H,3-14,17H2,1-2H3. The molecule has 0 amide bonds. The van der Waals surface area contributed by atoms with Gasteiger partial charge in [-0.25, -0.2) is 0 Å². The molecular formula is C23H36S3. The van der Waals surface area contributed by atoms with Crippen molar-refractivity contribution in [2.24, 2.45) is 0 Å². The zero-order valence-corrected chi connectivity index (χ0v) is 19.2. The van der Waals surface area contributed by atoms with E-state index in [-0.39, 0.29) is 0 Å². The van der Waals surface area contributed by atoms with Crippen LogP contribution in [-0.2, 0) is 0 Å². The molecule has 0 aliphatic carbocycles. The lowest BCUT2D eigenvalue weighted by atomic mass is 10.1. The van der Waals surface area contributed by atoms with Gasteiger partial charge in [-0.05, 0) is 47.6 Å². The van der Waals surface area contributed by atoms with Crippen LogP contribution in [0.3, 0.4) is 0 Å². The highest BCUT2D eigenvalue weighted by Crippen LogP contribution is 2.40. The molecule has 0 nitrogen and oxygen atoms in total. The van der Waals surface area contributed by atoms with Gasteiger partial charge >= 0.3 is 0 Å². The second-order valence-corrected chi connectivity index (χ2v) is 10.3. The van der Waals surface area contributed by atoms with Crippen molar-refractivity contribution < 1.29 is 0 Å². The van der Waals surface area contributed by atoms with Crippen LogP contribution in [0.25, 0.3) is 9.75 Å². The topological polar surface area (TPSA) is 0 Å². The average Bonchev–Trinajstić information content (AvgIpc) is 3.27. The first-order valence-corrected chi connectivity index (χ1v) is 13.3. The van der Waals surface area contributed by atoms with Gasteiger partial charge in [-0.3, -0.25) is 0 Å². The molecule has 0 spiro atoms. The maximum Gasteiger partial charge on any atom is 0.0581 e. The van der Waals surface area contributed by atoms with E-state index < -0.39 is 0 Å². The van der Waals surface area contributed by atoms with Crippen LogP contribution in [0.5, 0.6) is 0 Å². The Kier molecular flexibility index (Phi) is 11.7. The van der Waals surface area contributed by atoms with Gasteiger partial charge in [0.15, 0.2) is 0 Å². The Bertz CT molecular complexity index is 582. The van der Waals surface area contributed by atoms with E-state index in [1.807, 2.05) is 22.7 Å². The van der Waals surface area contributed by atoms with Crippen LogP contribution in [0.15, 0.2) is 27.8 Å². The number of hydrogen-bond acceptors (Lipinski definition) is 3. The van der Waals surface area contributed by atoms with Crippen LogP contribution in [0.2, 0.25) is 0 Å². The fourth-order valence-corrected chi connectivity index (χ4v) is 6.71. The first-order chi connectivity index (χ1) is 12.8. The summed E-state index contributed by atoms with van der Waals surface area (Å²) >= 11 is 5.84. The molecule has 2 aromatic heterocycles. The molecule has 0 bridgehead atoms. The van der Waals surface area contributed by atoms with Gasteiger partial charge in [-0.15, -0.1) is 34.4 Å². The quantitative estimate of drug-likeness (QED) is 0.209. The lowest BCUT2D eigenvalue weighted by molar-refractivity contribution is 0.548. The Morgan fingerprint density at radius 2 is 1.23 bits per heavy atom. The fraction of sp³-hybridized carbons (Fsp3) is 0.652. The Morgan fingerprint density at radius 3 is 1.81 bits per heavy atom. The molecule has 2 heterocycles. The predicted molar refractivity (Wildman–Crippen MR) is 124 cm³/mol. The summed E-state index contributed by atoms with van der Waals surface area (Å²) in [6.45, 7) is 4.52. The van der Waals surface area contributed by atoms with Gasteiger partial charge in [-0.1, -0.05) is 77.6 Å². The van der Waals surface area contributed by atoms with Gasteiger partial charge in [0.05, 0.1) is 4.88 Å². The fourth-order valence-electron chi connectivity index (χ4n) is 3.31. The van der Waals surface area contributed by atoms with Crippen LogP contribution < -0.4 is 0 Å². The van der Waals surface area contributed by atoms with Gasteiger partial charge in [0, 0.05) is 9.77 Å². The van der Waals surface area contributed by atoms with Crippen molar-refractivity contribution in [3.8, 4) is 9.75 Å². The van der Waals surface area contributed by atoms with E-state index in [0.717, 1.165) is 0 Å². The van der Waals surface area contributed by atoms with Crippen molar-refractivity contribution in [2.75, 3.05) is 5.75 Å². The highest BCUT2D eigenvalue weighted by Gasteiger charge is 2.10. The summed E-state index contributed by atoms with van der Waals surface area (Å²) in [5.41, 5.74) is 1.42. The zero-order valence-electron chi connectivity index (χ0n) is 16.7. The number of aryl methyl sites for hydroxylation is 1. The largest absolute Gasteiger partial charge is 0.143 e. The lowest BCUT2D eigenvalue weighted by Crippen LogP contribution is -1.84. The minimum absolute atomic E-state index is 1.27. The summed E-state index contributed by atoms with van der Waals surface area (Å²) in [6.07, 6.45) is 17.2. The maximum atomic E-state index is 2.31. The van der Waals surface area contributed by atoms with Crippen LogP contribution in [0.4, 0.5) is 0 Å². The minimum Gasteiger partial charge on any atom is -0.143 e. The normalized spacial score (nSPS) is 11.3. The molecule has 0 atom stereocenters. The summed E-state index contributed by atoms with van der Waals surface area (Å²) < 4.78 is 0. The van der Waals surface area contributed by atoms with Crippen LogP contribution >= 0.6 is 34.4 Å². The number of hydrogen-bond donors (Lipinski definition) is 0. The predicted octanol–water partition coefficient (Wildman–Crippen LogP) is 9.58. The second-order valence-electron chi connectivity index (χ2n) is 7.28. The Balaban J connectivity index is 1.47. The number of thioether (sulfide) groups is 1. The van der Waals surface area contributed by atoms with Crippen LogP contribution in [0, 0.1) is 6.92 Å². The number of unbranched alkanes of at least 4 members (excludes halogenated alkanes) is 11. The smallest absolute Gasteiger partial charge is 0.0581 e. The van der Waals surface area contributed by atoms with E-state index in [4.69, 9.17) is 0 Å². The molecule has 0 aliphatic rings. The van der Waals surface area contributed by atoms with E-state index in [1.54, 1.807) is 0 Å². The summed E-state index contributed by atoms with van der Waals surface area (Å²) in [4.78, 5) is 4.45. The Hall–Kier alpha value is -0.250. The molecule has 146 valence electrons. The van der Waals surface area contributed by atoms with E-state index in [9.17, 15) is 0 Å². The first kappa shape index (κ1) is 22.0. The number of rotatable bonds is 15.